The Morgan fingerprint density at radius 2 is 0.530 bits per heavy atom. The normalized spacial score (nSPS) is 12.7. The molecule has 16 aromatic carbocycles. The van der Waals surface area contributed by atoms with Gasteiger partial charge in [-0.1, -0.05) is 364 Å². The Morgan fingerprint density at radius 1 is 0.224 bits per heavy atom. The molecule has 1 atom stereocenters. The molecule has 2 heteroatoms. The van der Waals surface area contributed by atoms with Gasteiger partial charge in [-0.15, -0.1) is 0 Å². The van der Waals surface area contributed by atoms with Crippen molar-refractivity contribution in [3.8, 4) is 206 Å². The summed E-state index contributed by atoms with van der Waals surface area (Å²) in [6, 6.07) is 136. The minimum absolute atomic E-state index is 0.0678. The number of unbranched alkanes of at least 4 members (excludes halogenated alkanes) is 10. The average Bonchev–Trinajstić information content (AvgIpc) is 1.57. The lowest BCUT2D eigenvalue weighted by atomic mass is 9.70. The lowest BCUT2D eigenvalue weighted by molar-refractivity contribution is 0.398. The van der Waals surface area contributed by atoms with Crippen molar-refractivity contribution in [2.45, 2.75) is 141 Å². The van der Waals surface area contributed by atoms with Crippen molar-refractivity contribution < 1.29 is 0 Å². The molecule has 0 aliphatic heterocycles. The van der Waals surface area contributed by atoms with Gasteiger partial charge in [0.1, 0.15) is 0 Å². The Hall–Kier alpha value is -16.1. The van der Waals surface area contributed by atoms with E-state index in [0.29, 0.717) is 0 Å². The third kappa shape index (κ3) is 18.8. The minimum atomic E-state index is -0.785. The molecule has 0 aromatic heterocycles. The van der Waals surface area contributed by atoms with Gasteiger partial charge in [0, 0.05) is 39.5 Å². The predicted octanol–water partition coefficient (Wildman–Crippen LogP) is 33.3. The third-order valence-corrected chi connectivity index (χ3v) is 27.4. The highest BCUT2D eigenvalue weighted by Crippen LogP contribution is 2.57. The van der Waals surface area contributed by atoms with Gasteiger partial charge in [0.05, 0.1) is 5.41 Å². The van der Waals surface area contributed by atoms with Crippen molar-refractivity contribution in [1.82, 2.24) is 0 Å². The summed E-state index contributed by atoms with van der Waals surface area (Å²) >= 11 is 0. The maximum Gasteiger partial charge on any atom is 0.0806 e. The van der Waals surface area contributed by atoms with Crippen molar-refractivity contribution in [1.29, 1.82) is 0 Å². The summed E-state index contributed by atoms with van der Waals surface area (Å²) in [4.78, 5) is 4.82. The smallest absolute Gasteiger partial charge is 0.0806 e. The summed E-state index contributed by atoms with van der Waals surface area (Å²) in [6.07, 6.45) is 20.0. The SMILES string of the molecule is CC#CC#CC#CC#CC#CC#CC#CC#CC1(C)c2cc(-c3ccc(N(c4ccc(-c5ccc6c(c5)C(CCCCCCCC)(CCCCCCCC)c5cc(-c7ccccc7)ccc5-6)cc4)c4ccc5c(c4)CC5)cc3)ccc2-c2ccc(-c3ccc(N(c4ccc(-c5ccccc5)cc4)c4ccc(-c5ccc(-c6ccc7ccccc7c6)cc5)c(-c5ccccc5)c4)cc3)cc21. The second kappa shape index (κ2) is 40.9. The molecule has 0 radical (unpaired) electrons. The second-order valence-electron chi connectivity index (χ2n) is 35.7. The zero-order chi connectivity index (χ0) is 90.8. The molecule has 0 fully saturated rings. The van der Waals surface area contributed by atoms with Gasteiger partial charge in [0.2, 0.25) is 0 Å². The van der Waals surface area contributed by atoms with Crippen molar-refractivity contribution in [2.75, 3.05) is 9.80 Å². The summed E-state index contributed by atoms with van der Waals surface area (Å²) in [6.45, 7) is 8.62. The maximum absolute atomic E-state index is 3.73. The lowest BCUT2D eigenvalue weighted by Crippen LogP contribution is -2.25. The van der Waals surface area contributed by atoms with Gasteiger partial charge in [-0.3, -0.25) is 0 Å². The molecule has 642 valence electrons. The summed E-state index contributed by atoms with van der Waals surface area (Å²) in [5.41, 5.74) is 37.6. The van der Waals surface area contributed by atoms with E-state index < -0.39 is 5.41 Å². The molecular weight excluding hydrogens is 1610 g/mol. The van der Waals surface area contributed by atoms with Gasteiger partial charge in [-0.05, 0) is 381 Å². The molecule has 0 N–H and O–H groups in total. The number of aryl methyl sites for hydroxylation is 2. The van der Waals surface area contributed by atoms with Crippen molar-refractivity contribution in [2.24, 2.45) is 0 Å². The molecule has 3 aliphatic rings. The zero-order valence-corrected chi connectivity index (χ0v) is 76.8. The Bertz CT molecular complexity index is 7590. The van der Waals surface area contributed by atoms with E-state index in [1.54, 1.807) is 6.92 Å². The average molecular weight is 1720 g/mol. The zero-order valence-electron chi connectivity index (χ0n) is 76.8. The number of hydrogen-bond acceptors (Lipinski definition) is 2. The fourth-order valence-corrected chi connectivity index (χ4v) is 20.2. The van der Waals surface area contributed by atoms with E-state index in [-0.39, 0.29) is 5.41 Å². The number of anilines is 6. The minimum Gasteiger partial charge on any atom is -0.310 e. The highest BCUT2D eigenvalue weighted by Gasteiger charge is 2.43. The quantitative estimate of drug-likeness (QED) is 0.0356. The second-order valence-corrected chi connectivity index (χ2v) is 35.7. The van der Waals surface area contributed by atoms with Gasteiger partial charge in [0.25, 0.3) is 0 Å². The van der Waals surface area contributed by atoms with E-state index in [2.05, 4.69) is 489 Å². The fraction of sp³-hybridized carbons (Fsp3) is 0.167. The first-order valence-corrected chi connectivity index (χ1v) is 47.8. The summed E-state index contributed by atoms with van der Waals surface area (Å²) in [7, 11) is 0. The van der Waals surface area contributed by atoms with Crippen LogP contribution in [0.1, 0.15) is 151 Å². The van der Waals surface area contributed by atoms with E-state index in [4.69, 9.17) is 0 Å². The van der Waals surface area contributed by atoms with Crippen LogP contribution in [-0.4, -0.2) is 0 Å². The van der Waals surface area contributed by atoms with Crippen molar-refractivity contribution >= 4 is 44.9 Å². The van der Waals surface area contributed by atoms with Crippen LogP contribution in [0.25, 0.3) is 122 Å². The first-order chi connectivity index (χ1) is 66.2. The lowest BCUT2D eigenvalue weighted by Gasteiger charge is -2.33. The van der Waals surface area contributed by atoms with E-state index in [1.807, 2.05) is 0 Å². The van der Waals surface area contributed by atoms with Crippen LogP contribution in [0.5, 0.6) is 0 Å². The van der Waals surface area contributed by atoms with Crippen molar-refractivity contribution in [3.05, 3.63) is 397 Å². The molecule has 2 nitrogen and oxygen atoms in total. The van der Waals surface area contributed by atoms with Gasteiger partial charge >= 0.3 is 0 Å². The molecule has 1 unspecified atom stereocenters. The van der Waals surface area contributed by atoms with Crippen molar-refractivity contribution in [3.63, 3.8) is 0 Å². The molecule has 16 aromatic rings. The van der Waals surface area contributed by atoms with Gasteiger partial charge in [0.15, 0.2) is 0 Å². The van der Waals surface area contributed by atoms with Crippen LogP contribution in [0.3, 0.4) is 0 Å². The van der Waals surface area contributed by atoms with Gasteiger partial charge < -0.3 is 9.80 Å². The predicted molar refractivity (Wildman–Crippen MR) is 566 cm³/mol. The van der Waals surface area contributed by atoms with E-state index in [9.17, 15) is 0 Å². The molecule has 0 spiro atoms. The number of rotatable bonds is 28. The maximum atomic E-state index is 3.73. The number of fused-ring (bicyclic) bond motifs is 8. The molecule has 19 rings (SSSR count). The molecule has 0 amide bonds. The number of nitrogens with zero attached hydrogens (tertiary/aromatic N) is 2. The topological polar surface area (TPSA) is 6.48 Å². The molecule has 3 aliphatic carbocycles. The van der Waals surface area contributed by atoms with Gasteiger partial charge in [-0.2, -0.15) is 0 Å². The fourth-order valence-electron chi connectivity index (χ4n) is 20.2. The highest BCUT2D eigenvalue weighted by atomic mass is 15.1. The van der Waals surface area contributed by atoms with E-state index in [1.165, 1.54) is 173 Å². The molecule has 0 bridgehead atoms. The first kappa shape index (κ1) is 87.2. The Morgan fingerprint density at radius 3 is 0.970 bits per heavy atom. The standard InChI is InChI=1S/C132H104N2/c1-5-8-11-14-17-18-19-20-21-22-23-24-25-26-40-87-131(4)127-92-111(103-61-74-115(75-62-103)133(119-80-67-102-54-58-110(102)91-119)116-76-65-105(66-77-116)114-71-85-125-124-84-70-113(98-45-34-30-35-46-98)94-129(124)132(130(125)95-114,88-41-27-15-12-9-6-2)89-42-28-16-13-10-7-3)68-82-122(127)123-83-69-112(93-128(123)131)104-63-78-118(79-64-104)134(117-72-59-100(60-73-117)97-43-32-29-33-44-97)120-81-86-121(126(96-120)106-48-36-31-37-49-106)107-55-51-101(52-56-107)109-57-53-99-47-38-39-50-108(99)90-109/h29-39,43-53,55-57,59-86,90-96H,6-7,9-10,12-13,15-16,27-28,41-42,54,58,88-89H2,1-4H3. The largest absolute Gasteiger partial charge is 0.310 e. The van der Waals surface area contributed by atoms with Crippen LogP contribution < -0.4 is 9.80 Å². The number of benzene rings is 16. The Kier molecular flexibility index (Phi) is 26.6. The van der Waals surface area contributed by atoms with E-state index >= 15 is 0 Å². The Labute approximate surface area is 793 Å². The van der Waals surface area contributed by atoms with Crippen LogP contribution in [0.15, 0.2) is 364 Å². The van der Waals surface area contributed by atoms with Crippen LogP contribution in [0, 0.1) is 94.7 Å². The highest BCUT2D eigenvalue weighted by molar-refractivity contribution is 5.95. The summed E-state index contributed by atoms with van der Waals surface area (Å²) in [5, 5.41) is 2.47. The monoisotopic (exact) mass is 1720 g/mol. The molecular formula is C132H104N2. The molecule has 134 heavy (non-hydrogen) atoms. The third-order valence-electron chi connectivity index (χ3n) is 27.4. The molecule has 0 saturated carbocycles. The summed E-state index contributed by atoms with van der Waals surface area (Å²) < 4.78 is 0. The summed E-state index contributed by atoms with van der Waals surface area (Å²) in [5.74, 6) is 45.7. The Balaban J connectivity index is 0.642. The van der Waals surface area contributed by atoms with Crippen LogP contribution in [0.2, 0.25) is 0 Å². The van der Waals surface area contributed by atoms with Crippen LogP contribution in [0.4, 0.5) is 34.1 Å². The van der Waals surface area contributed by atoms with Crippen LogP contribution in [-0.2, 0) is 23.7 Å². The molecule has 0 saturated heterocycles. The first-order valence-electron chi connectivity index (χ1n) is 47.8. The van der Waals surface area contributed by atoms with E-state index in [0.717, 1.165) is 119 Å². The van der Waals surface area contributed by atoms with Gasteiger partial charge in [-0.25, -0.2) is 0 Å². The molecule has 0 heterocycles. The van der Waals surface area contributed by atoms with Crippen LogP contribution >= 0.6 is 0 Å². The number of hydrogen-bond donors (Lipinski definition) is 0.